The van der Waals surface area contributed by atoms with Crippen molar-refractivity contribution in [1.82, 2.24) is 14.5 Å². The van der Waals surface area contributed by atoms with E-state index in [0.717, 1.165) is 82.6 Å². The van der Waals surface area contributed by atoms with Crippen LogP contribution in [0.1, 0.15) is 68.3 Å². The van der Waals surface area contributed by atoms with Crippen LogP contribution in [0.15, 0.2) is 117 Å². The van der Waals surface area contributed by atoms with E-state index >= 15 is 0 Å². The quantitative estimate of drug-likeness (QED) is 0.0867. The van der Waals surface area contributed by atoms with Gasteiger partial charge in [0.2, 0.25) is 0 Å². The standard InChI is InChI=1S/C47H57Cl2F2N5O7S3/c1-5-46(6-2)24-22-36(42(31-46)34-12-16-37(48)17-13-34)32-55-26-28-56(29-27-55)39-18-14-35(15-19-39)45(57)53-66(62,63)41-20-21-43(44(30-41)65(60,61)47(49,50)51)52-38(23-25-54(3)4)33-64(58,59)40-10-8-7-9-11-40/h7-21,30,38,52H,5-6,22-29,31-33H2,1-4H3,(H,53,57)/t38-/m1/s1. The van der Waals surface area contributed by atoms with Crippen LogP contribution in [-0.4, -0.2) is 111 Å². The number of sulfone groups is 2. The molecule has 1 fully saturated rings. The zero-order chi connectivity index (χ0) is 48.1. The van der Waals surface area contributed by atoms with Gasteiger partial charge in [-0.25, -0.2) is 30.0 Å². The molecule has 1 atom stereocenters. The summed E-state index contributed by atoms with van der Waals surface area (Å²) in [5.41, 5.74) is 4.72. The van der Waals surface area contributed by atoms with Crippen LogP contribution in [0.25, 0.3) is 5.57 Å². The molecule has 0 spiro atoms. The molecule has 0 aromatic heterocycles. The fourth-order valence-electron chi connectivity index (χ4n) is 8.59. The van der Waals surface area contributed by atoms with Gasteiger partial charge in [0, 0.05) is 55.0 Å². The third kappa shape index (κ3) is 12.3. The Hall–Kier alpha value is -4.10. The fraction of sp³-hybridized carbons (Fsp3) is 0.426. The van der Waals surface area contributed by atoms with Crippen LogP contribution in [0.2, 0.25) is 5.02 Å². The Kier molecular flexibility index (Phi) is 16.4. The lowest BCUT2D eigenvalue weighted by molar-refractivity contribution is 0.0981. The maximum Gasteiger partial charge on any atom is 0.427 e. The van der Waals surface area contributed by atoms with Crippen molar-refractivity contribution in [3.05, 3.63) is 119 Å². The smallest absolute Gasteiger partial charge is 0.380 e. The molecule has 12 nitrogen and oxygen atoms in total. The summed E-state index contributed by atoms with van der Waals surface area (Å²) in [5.74, 6) is -1.60. The topological polar surface area (TPSA) is 153 Å². The minimum absolute atomic E-state index is 0.00480. The van der Waals surface area contributed by atoms with Crippen molar-refractivity contribution in [2.24, 2.45) is 5.41 Å². The van der Waals surface area contributed by atoms with Gasteiger partial charge in [-0.05, 0) is 141 Å². The van der Waals surface area contributed by atoms with Gasteiger partial charge < -0.3 is 15.1 Å². The molecule has 0 bridgehead atoms. The monoisotopic (exact) mass is 1010 g/mol. The van der Waals surface area contributed by atoms with E-state index in [-0.39, 0.29) is 16.9 Å². The van der Waals surface area contributed by atoms with E-state index in [2.05, 4.69) is 41.1 Å². The number of sulfonamides is 1. The Morgan fingerprint density at radius 1 is 0.848 bits per heavy atom. The summed E-state index contributed by atoms with van der Waals surface area (Å²) < 4.78 is 106. The van der Waals surface area contributed by atoms with Crippen LogP contribution in [-0.2, 0) is 29.7 Å². The van der Waals surface area contributed by atoms with E-state index < -0.39 is 67.6 Å². The molecular formula is C47H57Cl2F2N5O7S3. The summed E-state index contributed by atoms with van der Waals surface area (Å²) in [4.78, 5) is 17.7. The molecule has 2 N–H and O–H groups in total. The minimum atomic E-state index is -5.77. The number of piperazine rings is 1. The number of amides is 1. The Morgan fingerprint density at radius 2 is 1.48 bits per heavy atom. The van der Waals surface area contributed by atoms with Gasteiger partial charge in [-0.15, -0.1) is 0 Å². The highest BCUT2D eigenvalue weighted by atomic mass is 35.5. The summed E-state index contributed by atoms with van der Waals surface area (Å²) in [6.07, 6.45) is 5.64. The zero-order valence-corrected chi connectivity index (χ0v) is 41.4. The molecule has 1 amide bonds. The van der Waals surface area contributed by atoms with Gasteiger partial charge in [0.25, 0.3) is 25.8 Å². The van der Waals surface area contributed by atoms with E-state index in [1.165, 1.54) is 53.1 Å². The molecule has 1 aliphatic carbocycles. The van der Waals surface area contributed by atoms with Gasteiger partial charge in [-0.3, -0.25) is 9.69 Å². The number of nitrogens with zero attached hydrogens (tertiary/aromatic N) is 3. The summed E-state index contributed by atoms with van der Waals surface area (Å²) in [5, 5.41) is 3.46. The molecule has 66 heavy (non-hydrogen) atoms. The predicted octanol–water partition coefficient (Wildman–Crippen LogP) is 8.79. The summed E-state index contributed by atoms with van der Waals surface area (Å²) >= 11 is 11.3. The van der Waals surface area contributed by atoms with E-state index in [4.69, 9.17) is 23.2 Å². The number of nitrogens with one attached hydrogen (secondary N) is 2. The SMILES string of the molecule is CCC1(CC)CCC(CN2CCN(c3ccc(C(=O)NS(=O)(=O)c4ccc(N[C@H](CCN(C)C)CS(=O)(=O)c5ccccc5)c(S(=O)(=O)C(F)(F)Cl)c4)cc3)CC2)=C(c2ccc(Cl)cc2)C1. The molecular weight excluding hydrogens is 952 g/mol. The first-order valence-corrected chi connectivity index (χ1v) is 27.2. The van der Waals surface area contributed by atoms with Gasteiger partial charge in [0.05, 0.1) is 26.1 Å². The Morgan fingerprint density at radius 3 is 2.08 bits per heavy atom. The van der Waals surface area contributed by atoms with Gasteiger partial charge in [0.1, 0.15) is 0 Å². The molecule has 6 rings (SSSR count). The fourth-order valence-corrected chi connectivity index (χ4v) is 12.5. The van der Waals surface area contributed by atoms with Crippen molar-refractivity contribution < 1.29 is 38.8 Å². The highest BCUT2D eigenvalue weighted by Gasteiger charge is 2.46. The highest BCUT2D eigenvalue weighted by Crippen LogP contribution is 2.48. The van der Waals surface area contributed by atoms with Crippen molar-refractivity contribution in [1.29, 1.82) is 0 Å². The summed E-state index contributed by atoms with van der Waals surface area (Å²) in [6.45, 7) is 8.85. The Balaban J connectivity index is 1.15. The second-order valence-corrected chi connectivity index (χ2v) is 24.2. The van der Waals surface area contributed by atoms with Crippen LogP contribution in [0.5, 0.6) is 0 Å². The molecule has 1 aliphatic heterocycles. The van der Waals surface area contributed by atoms with Gasteiger partial charge >= 0.3 is 4.71 Å². The second-order valence-electron chi connectivity index (χ2n) is 17.4. The zero-order valence-electron chi connectivity index (χ0n) is 37.4. The first-order valence-electron chi connectivity index (χ1n) is 21.8. The molecule has 0 unspecified atom stereocenters. The molecule has 4 aromatic rings. The summed E-state index contributed by atoms with van der Waals surface area (Å²) in [6, 6.07) is 23.3. The van der Waals surface area contributed by atoms with Crippen LogP contribution in [0, 0.1) is 5.41 Å². The third-order valence-electron chi connectivity index (χ3n) is 12.8. The number of hydrogen-bond donors (Lipinski definition) is 2. The number of carbonyl (C=O) groups is 1. The van der Waals surface area contributed by atoms with Crippen LogP contribution in [0.4, 0.5) is 20.2 Å². The molecule has 1 heterocycles. The van der Waals surface area contributed by atoms with Crippen molar-refractivity contribution in [3.8, 4) is 0 Å². The predicted molar refractivity (Wildman–Crippen MR) is 258 cm³/mol. The normalized spacial score (nSPS) is 16.9. The molecule has 0 saturated carbocycles. The van der Waals surface area contributed by atoms with E-state index in [9.17, 15) is 38.8 Å². The molecule has 0 radical (unpaired) electrons. The average molecular weight is 1010 g/mol. The average Bonchev–Trinajstić information content (AvgIpc) is 3.28. The maximum atomic E-state index is 14.5. The first-order chi connectivity index (χ1) is 31.1. The number of anilines is 2. The third-order valence-corrected chi connectivity index (χ3v) is 18.3. The largest absolute Gasteiger partial charge is 0.427 e. The Bertz CT molecular complexity index is 2710. The van der Waals surface area contributed by atoms with Gasteiger partial charge in [-0.1, -0.05) is 74.2 Å². The van der Waals surface area contributed by atoms with E-state index in [1.54, 1.807) is 37.2 Å². The molecule has 1 saturated heterocycles. The number of halogens is 4. The number of allylic oxidation sites excluding steroid dienone is 1. The minimum Gasteiger partial charge on any atom is -0.380 e. The first kappa shape index (κ1) is 51.3. The molecule has 2 aliphatic rings. The Labute approximate surface area is 398 Å². The molecule has 4 aromatic carbocycles. The van der Waals surface area contributed by atoms with Crippen LogP contribution in [0.3, 0.4) is 0 Å². The van der Waals surface area contributed by atoms with Crippen LogP contribution >= 0.6 is 23.2 Å². The van der Waals surface area contributed by atoms with Crippen molar-refractivity contribution in [2.45, 2.75) is 77.8 Å². The molecule has 358 valence electrons. The number of carbonyl (C=O) groups excluding carboxylic acids is 1. The van der Waals surface area contributed by atoms with E-state index in [0.29, 0.717) is 23.0 Å². The number of hydrogen-bond acceptors (Lipinski definition) is 11. The lowest BCUT2D eigenvalue weighted by Crippen LogP contribution is -2.47. The molecule has 19 heteroatoms. The van der Waals surface area contributed by atoms with Crippen molar-refractivity contribution in [2.75, 3.05) is 69.3 Å². The lowest BCUT2D eigenvalue weighted by Gasteiger charge is -2.41. The number of rotatable bonds is 19. The van der Waals surface area contributed by atoms with Crippen molar-refractivity contribution in [3.63, 3.8) is 0 Å². The maximum absolute atomic E-state index is 14.5. The highest BCUT2D eigenvalue weighted by molar-refractivity contribution is 7.94. The van der Waals surface area contributed by atoms with Gasteiger partial charge in [-0.2, -0.15) is 8.78 Å². The van der Waals surface area contributed by atoms with Crippen molar-refractivity contribution >= 4 is 75.8 Å². The number of alkyl halides is 3. The van der Waals surface area contributed by atoms with Crippen LogP contribution < -0.4 is 14.9 Å². The second kappa shape index (κ2) is 21.0. The number of benzene rings is 4. The summed E-state index contributed by atoms with van der Waals surface area (Å²) in [7, 11) is -11.1. The lowest BCUT2D eigenvalue weighted by atomic mass is 9.67. The van der Waals surface area contributed by atoms with E-state index in [1.807, 2.05) is 16.9 Å². The van der Waals surface area contributed by atoms with Gasteiger partial charge in [0.15, 0.2) is 9.84 Å².